The molecule has 0 saturated heterocycles. The Bertz CT molecular complexity index is 2190. The van der Waals surface area contributed by atoms with Crippen molar-refractivity contribution in [1.82, 2.24) is 0 Å². The summed E-state index contributed by atoms with van der Waals surface area (Å²) in [5.41, 5.74) is 3.17. The van der Waals surface area contributed by atoms with E-state index in [1.807, 2.05) is 0 Å². The Balaban J connectivity index is -0.0000000496. The van der Waals surface area contributed by atoms with Crippen molar-refractivity contribution in [2.45, 2.75) is 125 Å². The predicted molar refractivity (Wildman–Crippen MR) is 404 cm³/mol. The van der Waals surface area contributed by atoms with Gasteiger partial charge in [0.15, 0.2) is 0 Å². The van der Waals surface area contributed by atoms with Gasteiger partial charge in [-0.2, -0.15) is 0 Å². The Morgan fingerprint density at radius 3 is 0.111 bits per heavy atom. The molecule has 0 radical (unpaired) electrons. The van der Waals surface area contributed by atoms with Gasteiger partial charge in [0.2, 0.25) is 0 Å². The third-order valence-electron chi connectivity index (χ3n) is 6.57. The highest BCUT2D eigenvalue weighted by atomic mass is 16.4. The zero-order valence-electron chi connectivity index (χ0n) is 64.1. The molecule has 612 valence electrons. The minimum atomic E-state index is -0.935. The van der Waals surface area contributed by atoms with E-state index in [-0.39, 0.29) is 100 Å². The van der Waals surface area contributed by atoms with Gasteiger partial charge in [0.05, 0.1) is 0 Å². The van der Waals surface area contributed by atoms with Crippen LogP contribution in [0, 0.1) is 0 Å². The van der Waals surface area contributed by atoms with Crippen LogP contribution in [0.4, 0.5) is 0 Å². The molecule has 36 nitrogen and oxygen atoms in total. The Kier molecular flexibility index (Phi) is 116. The summed E-state index contributed by atoms with van der Waals surface area (Å²) in [6, 6.07) is 0. The van der Waals surface area contributed by atoms with Crippen molar-refractivity contribution in [2.24, 2.45) is 0 Å². The van der Waals surface area contributed by atoms with Crippen molar-refractivity contribution in [3.05, 3.63) is 219 Å². The molecular weight excluding hydrogens is 1440 g/mol. The normalized spacial score (nSPS) is 7.50. The van der Waals surface area contributed by atoms with Crippen LogP contribution < -0.4 is 0 Å². The molecule has 0 aliphatic rings. The van der Waals surface area contributed by atoms with E-state index in [9.17, 15) is 86.3 Å². The van der Waals surface area contributed by atoms with Crippen molar-refractivity contribution in [1.29, 1.82) is 0 Å². The lowest BCUT2D eigenvalue weighted by Gasteiger charge is -1.79. The molecule has 0 bridgehead atoms. The Hall–Kier alpha value is -14.2. The van der Waals surface area contributed by atoms with Crippen molar-refractivity contribution in [2.75, 3.05) is 0 Å². The molecule has 0 saturated carbocycles. The second kappa shape index (κ2) is 88.9. The first-order valence-electron chi connectivity index (χ1n) is 27.6. The van der Waals surface area contributed by atoms with Crippen LogP contribution in [0.1, 0.15) is 125 Å². The summed E-state index contributed by atoms with van der Waals surface area (Å²) in [5, 5.41) is 142. The lowest BCUT2D eigenvalue weighted by molar-refractivity contribution is -0.133. The summed E-state index contributed by atoms with van der Waals surface area (Å²) in [6.07, 6.45) is 0. The number of carboxylic acids is 18. The number of aliphatic carboxylic acids is 18. The van der Waals surface area contributed by atoms with Gasteiger partial charge in [0.1, 0.15) is 0 Å². The fourth-order valence-electron chi connectivity index (χ4n) is 0. The van der Waals surface area contributed by atoms with Crippen molar-refractivity contribution in [3.63, 3.8) is 0 Å². The van der Waals surface area contributed by atoms with Gasteiger partial charge in [0.25, 0.3) is 0 Å². The van der Waals surface area contributed by atoms with E-state index in [1.165, 1.54) is 125 Å². The van der Waals surface area contributed by atoms with Crippen LogP contribution in [-0.2, 0) is 86.3 Å². The maximum atomic E-state index is 9.60. The SMILES string of the molecule is C=C(C)C(=O)O.C=C(C)C(=O)O.C=C(C)C(=O)O.C=C(C)C(=O)O.C=C(C)C(=O)O.C=C(C)C(=O)O.C=C(C)C(=O)O.C=C(C)C(=O)O.C=C(C)C(=O)O.C=C(C)C(=O)O.C=C(C)C(=O)O.C=C(C)C(=O)O.C=C(C)C(=O)O.C=C(C)C(=O)O.C=C(C)C(=O)O.C=C(C)C(=O)O.C=C(C)C(=O)O.C=C(C)C(=O)O. The van der Waals surface area contributed by atoms with E-state index >= 15 is 0 Å². The minimum absolute atomic E-state index is 0.176. The molecule has 0 aromatic carbocycles. The molecular formula is C72H108O36. The fraction of sp³-hybridized carbons (Fsp3) is 0.250. The molecule has 0 spiro atoms. The van der Waals surface area contributed by atoms with Crippen LogP contribution in [-0.4, -0.2) is 199 Å². The summed E-state index contributed by atoms with van der Waals surface area (Å²) in [6.45, 7) is 82.8. The highest BCUT2D eigenvalue weighted by Crippen LogP contribution is 1.89. The molecule has 0 unspecified atom stereocenters. The quantitative estimate of drug-likeness (QED) is 0.0567. The van der Waals surface area contributed by atoms with Crippen molar-refractivity contribution < 1.29 is 178 Å². The van der Waals surface area contributed by atoms with Crippen LogP contribution in [0.5, 0.6) is 0 Å². The minimum Gasteiger partial charge on any atom is -0.478 e. The lowest BCUT2D eigenvalue weighted by atomic mass is 10.4. The lowest BCUT2D eigenvalue weighted by Crippen LogP contribution is -1.92. The molecule has 0 rings (SSSR count). The topological polar surface area (TPSA) is 671 Å². The third-order valence-corrected chi connectivity index (χ3v) is 6.57. The summed E-state index contributed by atoms with van der Waals surface area (Å²) in [7, 11) is 0. The van der Waals surface area contributed by atoms with E-state index in [4.69, 9.17) is 91.9 Å². The number of rotatable bonds is 18. The van der Waals surface area contributed by atoms with Gasteiger partial charge in [-0.15, -0.1) is 0 Å². The second-order valence-electron chi connectivity index (χ2n) is 19.5. The number of hydrogen-bond donors (Lipinski definition) is 18. The molecule has 0 amide bonds. The molecule has 36 heteroatoms. The molecule has 108 heavy (non-hydrogen) atoms. The van der Waals surface area contributed by atoms with Gasteiger partial charge >= 0.3 is 107 Å². The molecule has 0 aliphatic heterocycles. The Labute approximate surface area is 627 Å². The maximum absolute atomic E-state index is 9.60. The molecule has 0 aromatic rings. The zero-order valence-corrected chi connectivity index (χ0v) is 64.1. The average Bonchev–Trinajstić information content (AvgIpc) is 3.49. The first-order chi connectivity index (χ1) is 47.6. The molecule has 0 fully saturated rings. The summed E-state index contributed by atoms with van der Waals surface area (Å²) >= 11 is 0. The molecule has 0 aromatic heterocycles. The standard InChI is InChI=1S/18C4H6O2/c18*1-3(2)4(5)6/h18*1H2,2H3,(H,5,6). The summed E-state index contributed by atoms with van der Waals surface area (Å²) in [4.78, 5) is 173. The Morgan fingerprint density at radius 2 is 0.111 bits per heavy atom. The fourth-order valence-corrected chi connectivity index (χ4v) is 0. The molecule has 18 N–H and O–H groups in total. The van der Waals surface area contributed by atoms with Crippen LogP contribution >= 0.6 is 0 Å². The van der Waals surface area contributed by atoms with Crippen molar-refractivity contribution in [3.8, 4) is 0 Å². The van der Waals surface area contributed by atoms with Crippen molar-refractivity contribution >= 4 is 107 Å². The van der Waals surface area contributed by atoms with Crippen LogP contribution in [0.25, 0.3) is 0 Å². The Morgan fingerprint density at radius 1 is 0.102 bits per heavy atom. The van der Waals surface area contributed by atoms with Crippen LogP contribution in [0.2, 0.25) is 0 Å². The average molecular weight is 1550 g/mol. The van der Waals surface area contributed by atoms with Gasteiger partial charge in [-0.1, -0.05) is 118 Å². The van der Waals surface area contributed by atoms with Gasteiger partial charge in [0, 0.05) is 100 Å². The third kappa shape index (κ3) is 227. The molecule has 0 atom stereocenters. The van der Waals surface area contributed by atoms with Gasteiger partial charge in [-0.05, 0) is 125 Å². The first kappa shape index (κ1) is 141. The van der Waals surface area contributed by atoms with Crippen LogP contribution in [0.3, 0.4) is 0 Å². The van der Waals surface area contributed by atoms with E-state index in [1.54, 1.807) is 0 Å². The molecule has 0 aliphatic carbocycles. The first-order valence-corrected chi connectivity index (χ1v) is 27.6. The van der Waals surface area contributed by atoms with Crippen LogP contribution in [0.15, 0.2) is 219 Å². The second-order valence-corrected chi connectivity index (χ2v) is 19.5. The molecule has 0 heterocycles. The predicted octanol–water partition coefficient (Wildman–Crippen LogP) is 11.6. The van der Waals surface area contributed by atoms with Gasteiger partial charge < -0.3 is 91.9 Å². The highest BCUT2D eigenvalue weighted by molar-refractivity contribution is 5.90. The number of carbonyl (C=O) groups is 18. The smallest absolute Gasteiger partial charge is 0.330 e. The number of hydrogen-bond acceptors (Lipinski definition) is 18. The van der Waals surface area contributed by atoms with E-state index < -0.39 is 107 Å². The monoisotopic (exact) mass is 1550 g/mol. The number of carboxylic acid groups (broad SMARTS) is 18. The van der Waals surface area contributed by atoms with E-state index in [0.29, 0.717) is 0 Å². The summed E-state index contributed by atoms with van der Waals surface area (Å²) < 4.78 is 0. The highest BCUT2D eigenvalue weighted by Gasteiger charge is 1.98. The zero-order chi connectivity index (χ0) is 92.8. The van der Waals surface area contributed by atoms with E-state index in [0.717, 1.165) is 0 Å². The largest absolute Gasteiger partial charge is 0.478 e. The summed E-state index contributed by atoms with van der Waals surface area (Å²) in [5.74, 6) is -16.8. The van der Waals surface area contributed by atoms with E-state index in [2.05, 4.69) is 118 Å². The van der Waals surface area contributed by atoms with Gasteiger partial charge in [-0.25, -0.2) is 86.3 Å². The van der Waals surface area contributed by atoms with Gasteiger partial charge in [-0.3, -0.25) is 0 Å². The maximum Gasteiger partial charge on any atom is 0.330 e.